The summed E-state index contributed by atoms with van der Waals surface area (Å²) in [5.74, 6) is -0.108. The van der Waals surface area contributed by atoms with E-state index in [0.29, 0.717) is 17.3 Å². The summed E-state index contributed by atoms with van der Waals surface area (Å²) >= 11 is 5.93. The van der Waals surface area contributed by atoms with Crippen LogP contribution >= 0.6 is 11.6 Å². The summed E-state index contributed by atoms with van der Waals surface area (Å²) in [6, 6.07) is 14.6. The number of carbonyl (C=O) groups excluding carboxylic acids is 2. The number of hydrogen-bond donors (Lipinski definition) is 1. The van der Waals surface area contributed by atoms with Crippen LogP contribution in [0.4, 0.5) is 16.2 Å². The molecule has 0 atom stereocenters. The van der Waals surface area contributed by atoms with Crippen LogP contribution in [0.25, 0.3) is 0 Å². The third-order valence-electron chi connectivity index (χ3n) is 4.15. The molecule has 2 aromatic carbocycles. The second-order valence-corrected chi connectivity index (χ2v) is 6.55. The average Bonchev–Trinajstić information content (AvgIpc) is 2.58. The van der Waals surface area contributed by atoms with Crippen LogP contribution < -0.4 is 10.2 Å². The Labute approximate surface area is 152 Å². The molecule has 0 unspecified atom stereocenters. The number of rotatable bonds is 4. The van der Waals surface area contributed by atoms with E-state index < -0.39 is 0 Å². The Kier molecular flexibility index (Phi) is 5.24. The first kappa shape index (κ1) is 17.3. The number of nitrogens with zero attached hydrogens (tertiary/aromatic N) is 2. The number of nitrogens with one attached hydrogen (secondary N) is 1. The number of halogens is 1. The summed E-state index contributed by atoms with van der Waals surface area (Å²) in [6.45, 7) is 1.50. The number of amides is 3. The smallest absolute Gasteiger partial charge is 0.324 e. The summed E-state index contributed by atoms with van der Waals surface area (Å²) in [5, 5.41) is 3.48. The molecule has 130 valence electrons. The van der Waals surface area contributed by atoms with E-state index in [1.54, 1.807) is 29.0 Å². The van der Waals surface area contributed by atoms with E-state index in [4.69, 9.17) is 11.6 Å². The third kappa shape index (κ3) is 4.31. The van der Waals surface area contributed by atoms with Crippen molar-refractivity contribution in [1.29, 1.82) is 0 Å². The van der Waals surface area contributed by atoms with Crippen LogP contribution in [-0.2, 0) is 11.2 Å². The van der Waals surface area contributed by atoms with Gasteiger partial charge in [0.15, 0.2) is 0 Å². The van der Waals surface area contributed by atoms with Crippen LogP contribution in [0.2, 0.25) is 5.02 Å². The van der Waals surface area contributed by atoms with Crippen molar-refractivity contribution in [3.05, 3.63) is 59.1 Å². The van der Waals surface area contributed by atoms with Crippen molar-refractivity contribution in [2.75, 3.05) is 30.4 Å². The summed E-state index contributed by atoms with van der Waals surface area (Å²) in [5.41, 5.74) is 2.40. The fraction of sp³-hybridized carbons (Fsp3) is 0.263. The molecule has 1 saturated heterocycles. The monoisotopic (exact) mass is 357 g/mol. The van der Waals surface area contributed by atoms with Crippen molar-refractivity contribution in [1.82, 2.24) is 4.90 Å². The predicted octanol–water partition coefficient (Wildman–Crippen LogP) is 3.78. The van der Waals surface area contributed by atoms with Crippen LogP contribution in [0.15, 0.2) is 48.5 Å². The minimum atomic E-state index is -0.108. The highest BCUT2D eigenvalue weighted by Gasteiger charge is 2.23. The summed E-state index contributed by atoms with van der Waals surface area (Å²) < 4.78 is 0. The van der Waals surface area contributed by atoms with E-state index >= 15 is 0 Å². The van der Waals surface area contributed by atoms with Crippen LogP contribution in [0.5, 0.6) is 0 Å². The molecule has 0 aliphatic carbocycles. The highest BCUT2D eigenvalue weighted by atomic mass is 35.5. The van der Waals surface area contributed by atoms with Gasteiger partial charge < -0.3 is 10.2 Å². The molecule has 0 radical (unpaired) electrons. The van der Waals surface area contributed by atoms with E-state index in [1.165, 1.54) is 0 Å². The number of carbonyl (C=O) groups is 2. The normalized spacial score (nSPS) is 14.6. The van der Waals surface area contributed by atoms with Crippen molar-refractivity contribution in [2.24, 2.45) is 0 Å². The second-order valence-electron chi connectivity index (χ2n) is 6.11. The lowest BCUT2D eigenvalue weighted by Gasteiger charge is -2.33. The molecule has 1 heterocycles. The Bertz CT molecular complexity index is 776. The molecule has 0 spiro atoms. The summed E-state index contributed by atoms with van der Waals surface area (Å²) in [4.78, 5) is 27.8. The topological polar surface area (TPSA) is 52.6 Å². The first-order chi connectivity index (χ1) is 12.0. The molecular formula is C19H20ClN3O2. The Morgan fingerprint density at radius 2 is 1.92 bits per heavy atom. The van der Waals surface area contributed by atoms with E-state index in [2.05, 4.69) is 5.32 Å². The van der Waals surface area contributed by atoms with Crippen LogP contribution in [0.3, 0.4) is 0 Å². The molecule has 1 N–H and O–H groups in total. The van der Waals surface area contributed by atoms with E-state index in [9.17, 15) is 9.59 Å². The second kappa shape index (κ2) is 7.57. The average molecular weight is 358 g/mol. The molecule has 6 heteroatoms. The highest BCUT2D eigenvalue weighted by Crippen LogP contribution is 2.22. The van der Waals surface area contributed by atoms with Crippen LogP contribution in [-0.4, -0.2) is 37.0 Å². The van der Waals surface area contributed by atoms with Crippen LogP contribution in [0, 0.1) is 0 Å². The van der Waals surface area contributed by atoms with Gasteiger partial charge in [-0.2, -0.15) is 0 Å². The largest absolute Gasteiger partial charge is 0.327 e. The van der Waals surface area contributed by atoms with Gasteiger partial charge in [0.25, 0.3) is 0 Å². The minimum Gasteiger partial charge on any atom is -0.327 e. The Hall–Kier alpha value is -2.53. The van der Waals surface area contributed by atoms with E-state index in [1.807, 2.05) is 36.4 Å². The Balaban J connectivity index is 1.62. The highest BCUT2D eigenvalue weighted by molar-refractivity contribution is 6.30. The van der Waals surface area contributed by atoms with Crippen molar-refractivity contribution in [2.45, 2.75) is 12.8 Å². The molecule has 2 aromatic rings. The van der Waals surface area contributed by atoms with Crippen molar-refractivity contribution >= 4 is 34.9 Å². The van der Waals surface area contributed by atoms with Gasteiger partial charge in [-0.25, -0.2) is 4.79 Å². The molecular weight excluding hydrogens is 338 g/mol. The van der Waals surface area contributed by atoms with Gasteiger partial charge in [-0.05, 0) is 48.4 Å². The zero-order valence-electron chi connectivity index (χ0n) is 14.0. The zero-order chi connectivity index (χ0) is 17.8. The lowest BCUT2D eigenvalue weighted by atomic mass is 10.1. The third-order valence-corrected chi connectivity index (χ3v) is 4.38. The molecule has 0 aromatic heterocycles. The van der Waals surface area contributed by atoms with Gasteiger partial charge in [0.05, 0.1) is 6.42 Å². The molecule has 3 rings (SSSR count). The lowest BCUT2D eigenvalue weighted by molar-refractivity contribution is -0.115. The van der Waals surface area contributed by atoms with E-state index in [-0.39, 0.29) is 18.4 Å². The fourth-order valence-electron chi connectivity index (χ4n) is 2.87. The van der Waals surface area contributed by atoms with Gasteiger partial charge in [0, 0.05) is 36.5 Å². The molecule has 25 heavy (non-hydrogen) atoms. The maximum absolute atomic E-state index is 12.2. The first-order valence-corrected chi connectivity index (χ1v) is 8.58. The molecule has 1 fully saturated rings. The SMILES string of the molecule is CN1CCCN(c2ccc(NC(=O)Cc3cccc(Cl)c3)cc2)C1=O. The molecule has 0 saturated carbocycles. The Morgan fingerprint density at radius 1 is 1.16 bits per heavy atom. The minimum absolute atomic E-state index is 0.00370. The summed E-state index contributed by atoms with van der Waals surface area (Å²) in [7, 11) is 1.80. The van der Waals surface area contributed by atoms with Crippen molar-refractivity contribution < 1.29 is 9.59 Å². The number of anilines is 2. The van der Waals surface area contributed by atoms with E-state index in [0.717, 1.165) is 24.2 Å². The quantitative estimate of drug-likeness (QED) is 0.905. The van der Waals surface area contributed by atoms with Gasteiger partial charge in [0.2, 0.25) is 5.91 Å². The van der Waals surface area contributed by atoms with Gasteiger partial charge in [-0.15, -0.1) is 0 Å². The number of benzene rings is 2. The predicted molar refractivity (Wildman–Crippen MR) is 100 cm³/mol. The summed E-state index contributed by atoms with van der Waals surface area (Å²) in [6.07, 6.45) is 1.21. The lowest BCUT2D eigenvalue weighted by Crippen LogP contribution is -2.47. The van der Waals surface area contributed by atoms with Crippen molar-refractivity contribution in [3.63, 3.8) is 0 Å². The number of urea groups is 1. The Morgan fingerprint density at radius 3 is 2.64 bits per heavy atom. The van der Waals surface area contributed by atoms with Crippen LogP contribution in [0.1, 0.15) is 12.0 Å². The van der Waals surface area contributed by atoms with Gasteiger partial charge in [-0.3, -0.25) is 9.69 Å². The fourth-order valence-corrected chi connectivity index (χ4v) is 3.08. The first-order valence-electron chi connectivity index (χ1n) is 8.20. The molecule has 1 aliphatic rings. The van der Waals surface area contributed by atoms with Gasteiger partial charge >= 0.3 is 6.03 Å². The molecule has 5 nitrogen and oxygen atoms in total. The molecule has 3 amide bonds. The van der Waals surface area contributed by atoms with Gasteiger partial charge in [-0.1, -0.05) is 23.7 Å². The number of hydrogen-bond acceptors (Lipinski definition) is 2. The maximum Gasteiger partial charge on any atom is 0.324 e. The van der Waals surface area contributed by atoms with Crippen molar-refractivity contribution in [3.8, 4) is 0 Å². The van der Waals surface area contributed by atoms with Gasteiger partial charge in [0.1, 0.15) is 0 Å². The molecule has 1 aliphatic heterocycles. The zero-order valence-corrected chi connectivity index (χ0v) is 14.8. The maximum atomic E-state index is 12.2. The standard InChI is InChI=1S/C19H20ClN3O2/c1-22-10-3-11-23(19(22)25)17-8-6-16(7-9-17)21-18(24)13-14-4-2-5-15(20)12-14/h2,4-9,12H,3,10-11,13H2,1H3,(H,21,24). The molecule has 0 bridgehead atoms.